The van der Waals surface area contributed by atoms with Gasteiger partial charge in [0.1, 0.15) is 5.69 Å². The molecule has 0 bridgehead atoms. The van der Waals surface area contributed by atoms with Crippen LogP contribution < -0.4 is 0 Å². The Kier molecular flexibility index (Phi) is 3.13. The molecular formula is C12H16N4OS. The molecule has 0 saturated heterocycles. The first-order valence-corrected chi connectivity index (χ1v) is 7.23. The summed E-state index contributed by atoms with van der Waals surface area (Å²) in [6, 6.07) is 0. The van der Waals surface area contributed by atoms with Gasteiger partial charge in [0.25, 0.3) is 0 Å². The van der Waals surface area contributed by atoms with Crippen LogP contribution in [-0.4, -0.2) is 31.0 Å². The van der Waals surface area contributed by atoms with E-state index in [0.29, 0.717) is 12.5 Å². The van der Waals surface area contributed by atoms with Crippen molar-refractivity contribution in [2.45, 2.75) is 44.8 Å². The third kappa shape index (κ3) is 2.30. The number of hydrogen-bond donors (Lipinski definition) is 1. The topological polar surface area (TPSA) is 63.8 Å². The molecule has 1 saturated carbocycles. The van der Waals surface area contributed by atoms with Crippen LogP contribution in [0.15, 0.2) is 10.9 Å². The van der Waals surface area contributed by atoms with Crippen molar-refractivity contribution in [3.8, 4) is 11.5 Å². The van der Waals surface area contributed by atoms with E-state index < -0.39 is 0 Å². The summed E-state index contributed by atoms with van der Waals surface area (Å²) in [6.45, 7) is 2.45. The molecule has 2 aromatic rings. The van der Waals surface area contributed by atoms with Crippen LogP contribution in [0, 0.1) is 0 Å². The molecule has 0 radical (unpaired) electrons. The van der Waals surface area contributed by atoms with Gasteiger partial charge in [0.15, 0.2) is 11.6 Å². The lowest BCUT2D eigenvalue weighted by atomic mass is 10.3. The monoisotopic (exact) mass is 264 g/mol. The van der Waals surface area contributed by atoms with Crippen molar-refractivity contribution < 1.29 is 5.11 Å². The summed E-state index contributed by atoms with van der Waals surface area (Å²) in [5.41, 5.74) is 2.64. The molecule has 2 aromatic heterocycles. The minimum absolute atomic E-state index is 0.379. The van der Waals surface area contributed by atoms with Crippen molar-refractivity contribution in [1.82, 2.24) is 19.7 Å². The summed E-state index contributed by atoms with van der Waals surface area (Å²) in [7, 11) is 0. The van der Waals surface area contributed by atoms with Crippen LogP contribution in [0.4, 0.5) is 0 Å². The maximum absolute atomic E-state index is 9.79. The molecule has 0 amide bonds. The average Bonchev–Trinajstić information content (AvgIpc) is 2.92. The highest BCUT2D eigenvalue weighted by Gasteiger charge is 2.29. The third-order valence-electron chi connectivity index (χ3n) is 3.15. The van der Waals surface area contributed by atoms with Gasteiger partial charge in [-0.25, -0.2) is 14.6 Å². The minimum Gasteiger partial charge on any atom is -0.391 e. The van der Waals surface area contributed by atoms with Gasteiger partial charge in [-0.2, -0.15) is 5.10 Å². The zero-order valence-electron chi connectivity index (χ0n) is 10.3. The van der Waals surface area contributed by atoms with E-state index in [1.807, 2.05) is 12.3 Å². The fourth-order valence-electron chi connectivity index (χ4n) is 1.84. The Morgan fingerprint density at radius 3 is 3.00 bits per heavy atom. The predicted molar refractivity (Wildman–Crippen MR) is 69.4 cm³/mol. The number of aromatic nitrogens is 4. The second-order valence-corrected chi connectivity index (χ2v) is 5.40. The highest BCUT2D eigenvalue weighted by molar-refractivity contribution is 7.07. The van der Waals surface area contributed by atoms with Crippen LogP contribution in [0.2, 0.25) is 0 Å². The van der Waals surface area contributed by atoms with E-state index in [4.69, 9.17) is 0 Å². The maximum Gasteiger partial charge on any atom is 0.178 e. The number of nitrogens with zero attached hydrogens (tertiary/aromatic N) is 4. The van der Waals surface area contributed by atoms with Crippen molar-refractivity contribution in [2.24, 2.45) is 0 Å². The summed E-state index contributed by atoms with van der Waals surface area (Å²) in [5, 5.41) is 16.3. The smallest absolute Gasteiger partial charge is 0.178 e. The molecule has 1 fully saturated rings. The van der Waals surface area contributed by atoms with Gasteiger partial charge in [0, 0.05) is 11.3 Å². The van der Waals surface area contributed by atoms with Gasteiger partial charge < -0.3 is 5.11 Å². The molecular weight excluding hydrogens is 248 g/mol. The van der Waals surface area contributed by atoms with Crippen LogP contribution in [0.3, 0.4) is 0 Å². The minimum atomic E-state index is -0.379. The fourth-order valence-corrected chi connectivity index (χ4v) is 2.37. The van der Waals surface area contributed by atoms with E-state index in [-0.39, 0.29) is 6.10 Å². The molecule has 2 heterocycles. The molecule has 1 atom stereocenters. The molecule has 1 unspecified atom stereocenters. The number of aliphatic hydroxyl groups is 1. The van der Waals surface area contributed by atoms with E-state index in [1.54, 1.807) is 21.5 Å². The zero-order valence-corrected chi connectivity index (χ0v) is 11.1. The molecule has 0 spiro atoms. The Balaban J connectivity index is 1.94. The van der Waals surface area contributed by atoms with E-state index in [2.05, 4.69) is 15.1 Å². The van der Waals surface area contributed by atoms with Gasteiger partial charge in [-0.3, -0.25) is 0 Å². The van der Waals surface area contributed by atoms with Crippen LogP contribution in [0.5, 0.6) is 0 Å². The van der Waals surface area contributed by atoms with E-state index in [9.17, 15) is 5.11 Å². The highest BCUT2D eigenvalue weighted by Crippen LogP contribution is 2.38. The number of thiazole rings is 1. The van der Waals surface area contributed by atoms with E-state index in [1.165, 1.54) is 12.8 Å². The maximum atomic E-state index is 9.79. The summed E-state index contributed by atoms with van der Waals surface area (Å²) in [5.74, 6) is 2.20. The SMILES string of the molecule is CCC(O)Cn1nc(C2CC2)nc1-c1cscn1. The molecule has 5 nitrogen and oxygen atoms in total. The predicted octanol–water partition coefficient (Wildman–Crippen LogP) is 2.05. The third-order valence-corrected chi connectivity index (χ3v) is 3.73. The Morgan fingerprint density at radius 2 is 2.39 bits per heavy atom. The Morgan fingerprint density at radius 1 is 1.56 bits per heavy atom. The first kappa shape index (κ1) is 11.8. The molecule has 0 aliphatic heterocycles. The van der Waals surface area contributed by atoms with Crippen molar-refractivity contribution in [2.75, 3.05) is 0 Å². The summed E-state index contributed by atoms with van der Waals surface area (Å²) in [6.07, 6.45) is 2.69. The Labute approximate surface area is 110 Å². The van der Waals surface area contributed by atoms with Crippen LogP contribution in [0.1, 0.15) is 37.9 Å². The molecule has 1 aliphatic carbocycles. The first-order chi connectivity index (χ1) is 8.78. The van der Waals surface area contributed by atoms with Crippen molar-refractivity contribution in [3.63, 3.8) is 0 Å². The van der Waals surface area contributed by atoms with Crippen molar-refractivity contribution in [3.05, 3.63) is 16.7 Å². The Hall–Kier alpha value is -1.27. The molecule has 3 rings (SSSR count). The van der Waals surface area contributed by atoms with Gasteiger partial charge >= 0.3 is 0 Å². The lowest BCUT2D eigenvalue weighted by molar-refractivity contribution is 0.145. The van der Waals surface area contributed by atoms with Gasteiger partial charge in [-0.15, -0.1) is 11.3 Å². The van der Waals surface area contributed by atoms with Crippen LogP contribution in [0.25, 0.3) is 11.5 Å². The number of aliphatic hydroxyl groups excluding tert-OH is 1. The van der Waals surface area contributed by atoms with Crippen molar-refractivity contribution >= 4 is 11.3 Å². The fraction of sp³-hybridized carbons (Fsp3) is 0.583. The number of hydrogen-bond acceptors (Lipinski definition) is 5. The average molecular weight is 264 g/mol. The zero-order chi connectivity index (χ0) is 12.5. The van der Waals surface area contributed by atoms with Gasteiger partial charge in [-0.05, 0) is 19.3 Å². The second kappa shape index (κ2) is 4.78. The molecule has 1 aliphatic rings. The lowest BCUT2D eigenvalue weighted by Crippen LogP contribution is -2.16. The standard InChI is InChI=1S/C12H16N4OS/c1-2-9(17)5-16-12(10-6-18-7-13-10)14-11(15-16)8-3-4-8/h6-9,17H,2-5H2,1H3. The quantitative estimate of drug-likeness (QED) is 0.897. The summed E-state index contributed by atoms with van der Waals surface area (Å²) < 4.78 is 1.80. The second-order valence-electron chi connectivity index (χ2n) is 4.69. The van der Waals surface area contributed by atoms with Gasteiger partial charge in [0.05, 0.1) is 18.2 Å². The lowest BCUT2D eigenvalue weighted by Gasteiger charge is -2.08. The van der Waals surface area contributed by atoms with E-state index in [0.717, 1.165) is 23.8 Å². The molecule has 96 valence electrons. The summed E-state index contributed by atoms with van der Waals surface area (Å²) in [4.78, 5) is 8.87. The Bertz CT molecular complexity index is 518. The molecule has 18 heavy (non-hydrogen) atoms. The van der Waals surface area contributed by atoms with Gasteiger partial charge in [-0.1, -0.05) is 6.92 Å². The molecule has 0 aromatic carbocycles. The highest BCUT2D eigenvalue weighted by atomic mass is 32.1. The first-order valence-electron chi connectivity index (χ1n) is 6.29. The summed E-state index contributed by atoms with van der Waals surface area (Å²) >= 11 is 1.55. The largest absolute Gasteiger partial charge is 0.391 e. The molecule has 6 heteroatoms. The van der Waals surface area contributed by atoms with Crippen LogP contribution >= 0.6 is 11.3 Å². The molecule has 1 N–H and O–H groups in total. The van der Waals surface area contributed by atoms with E-state index >= 15 is 0 Å². The van der Waals surface area contributed by atoms with Crippen molar-refractivity contribution in [1.29, 1.82) is 0 Å². The number of rotatable bonds is 5. The van der Waals surface area contributed by atoms with Crippen LogP contribution in [-0.2, 0) is 6.54 Å². The van der Waals surface area contributed by atoms with Gasteiger partial charge in [0.2, 0.25) is 0 Å². The normalized spacial score (nSPS) is 17.0.